The molecule has 2 heterocycles. The van der Waals surface area contributed by atoms with E-state index in [2.05, 4.69) is 46.5 Å². The number of likely N-dealkylation sites (N-methyl/N-ethyl adjacent to an activating group) is 1. The van der Waals surface area contributed by atoms with Gasteiger partial charge in [-0.15, -0.1) is 0 Å². The first-order valence-electron chi connectivity index (χ1n) is 6.25. The third-order valence-electron chi connectivity index (χ3n) is 3.36. The maximum Gasteiger partial charge on any atom is 0.181 e. The average molecular weight is 243 g/mol. The summed E-state index contributed by atoms with van der Waals surface area (Å²) in [6.07, 6.45) is 4.39. The summed E-state index contributed by atoms with van der Waals surface area (Å²) in [5.41, 5.74) is 2.22. The highest BCUT2D eigenvalue weighted by atomic mass is 16.3. The second kappa shape index (κ2) is 4.82. The fraction of sp³-hybridized carbons (Fsp3) is 0.357. The van der Waals surface area contributed by atoms with Crippen molar-refractivity contribution in [3.63, 3.8) is 0 Å². The van der Waals surface area contributed by atoms with Crippen molar-refractivity contribution in [3.8, 4) is 11.3 Å². The summed E-state index contributed by atoms with van der Waals surface area (Å²) in [5.74, 6) is 0.808. The molecule has 0 amide bonds. The van der Waals surface area contributed by atoms with Crippen LogP contribution in [0.15, 0.2) is 41.3 Å². The lowest BCUT2D eigenvalue weighted by Gasteiger charge is -2.14. The number of likely N-dealkylation sites (tertiary alicyclic amines) is 1. The van der Waals surface area contributed by atoms with Crippen molar-refractivity contribution in [1.29, 1.82) is 0 Å². The number of rotatable bonds is 3. The standard InChI is InChI=1S/C14H17N3O/c1-17-7-6-13(9-17)16-12-4-2-11(3-5-12)14-8-15-10-18-14/h2-5,8,10,13,16H,6-7,9H2,1H3. The molecule has 0 saturated carbocycles. The molecular weight excluding hydrogens is 226 g/mol. The van der Waals surface area contributed by atoms with Crippen LogP contribution in [0, 0.1) is 0 Å². The van der Waals surface area contributed by atoms with Gasteiger partial charge in [-0.2, -0.15) is 0 Å². The summed E-state index contributed by atoms with van der Waals surface area (Å²) in [4.78, 5) is 6.27. The van der Waals surface area contributed by atoms with E-state index in [9.17, 15) is 0 Å². The number of nitrogens with one attached hydrogen (secondary N) is 1. The predicted octanol–water partition coefficient (Wildman–Crippen LogP) is 2.46. The van der Waals surface area contributed by atoms with Crippen molar-refractivity contribution >= 4 is 5.69 Å². The minimum absolute atomic E-state index is 0.561. The van der Waals surface area contributed by atoms with Crippen molar-refractivity contribution in [2.45, 2.75) is 12.5 Å². The number of benzene rings is 1. The Morgan fingerprint density at radius 2 is 2.17 bits per heavy atom. The van der Waals surface area contributed by atoms with Crippen molar-refractivity contribution in [2.24, 2.45) is 0 Å². The van der Waals surface area contributed by atoms with Gasteiger partial charge in [0.1, 0.15) is 0 Å². The average Bonchev–Trinajstić information content (AvgIpc) is 3.02. The molecule has 1 saturated heterocycles. The second-order valence-corrected chi connectivity index (χ2v) is 4.84. The van der Waals surface area contributed by atoms with Crippen LogP contribution in [0.5, 0.6) is 0 Å². The molecule has 3 rings (SSSR count). The molecule has 1 aromatic heterocycles. The summed E-state index contributed by atoms with van der Waals surface area (Å²) < 4.78 is 5.27. The van der Waals surface area contributed by atoms with Gasteiger partial charge in [-0.1, -0.05) is 0 Å². The molecular formula is C14H17N3O. The largest absolute Gasteiger partial charge is 0.444 e. The normalized spacial score (nSPS) is 20.2. The topological polar surface area (TPSA) is 41.3 Å². The zero-order valence-corrected chi connectivity index (χ0v) is 10.5. The number of hydrogen-bond donors (Lipinski definition) is 1. The van der Waals surface area contributed by atoms with Gasteiger partial charge in [0.25, 0.3) is 0 Å². The fourth-order valence-electron chi connectivity index (χ4n) is 2.38. The van der Waals surface area contributed by atoms with Gasteiger partial charge < -0.3 is 14.6 Å². The third kappa shape index (κ3) is 2.38. The molecule has 18 heavy (non-hydrogen) atoms. The zero-order valence-electron chi connectivity index (χ0n) is 10.5. The lowest BCUT2D eigenvalue weighted by Crippen LogP contribution is -2.23. The lowest BCUT2D eigenvalue weighted by atomic mass is 10.1. The van der Waals surface area contributed by atoms with E-state index in [4.69, 9.17) is 4.42 Å². The Balaban J connectivity index is 1.68. The van der Waals surface area contributed by atoms with E-state index in [0.717, 1.165) is 17.9 Å². The minimum Gasteiger partial charge on any atom is -0.444 e. The molecule has 1 N–H and O–H groups in total. The first-order chi connectivity index (χ1) is 8.81. The quantitative estimate of drug-likeness (QED) is 0.899. The van der Waals surface area contributed by atoms with Crippen molar-refractivity contribution in [1.82, 2.24) is 9.88 Å². The summed E-state index contributed by atoms with van der Waals surface area (Å²) in [6.45, 7) is 2.29. The molecule has 1 aliphatic heterocycles. The SMILES string of the molecule is CN1CCC(Nc2ccc(-c3cnco3)cc2)C1. The highest BCUT2D eigenvalue weighted by molar-refractivity contribution is 5.60. The molecule has 1 fully saturated rings. The van der Waals surface area contributed by atoms with Crippen LogP contribution in [0.3, 0.4) is 0 Å². The van der Waals surface area contributed by atoms with Crippen LogP contribution < -0.4 is 5.32 Å². The lowest BCUT2D eigenvalue weighted by molar-refractivity contribution is 0.414. The van der Waals surface area contributed by atoms with Crippen molar-refractivity contribution in [3.05, 3.63) is 36.9 Å². The smallest absolute Gasteiger partial charge is 0.181 e. The highest BCUT2D eigenvalue weighted by Crippen LogP contribution is 2.22. The van der Waals surface area contributed by atoms with Gasteiger partial charge in [-0.05, 0) is 44.3 Å². The Kier molecular flexibility index (Phi) is 3.02. The molecule has 0 spiro atoms. The van der Waals surface area contributed by atoms with Gasteiger partial charge in [0, 0.05) is 23.8 Å². The van der Waals surface area contributed by atoms with Gasteiger partial charge in [-0.3, -0.25) is 0 Å². The molecule has 1 atom stereocenters. The van der Waals surface area contributed by atoms with Crippen LogP contribution in [0.25, 0.3) is 11.3 Å². The van der Waals surface area contributed by atoms with Crippen LogP contribution in [-0.4, -0.2) is 36.1 Å². The molecule has 4 heteroatoms. The summed E-state index contributed by atoms with van der Waals surface area (Å²) >= 11 is 0. The maximum absolute atomic E-state index is 5.27. The molecule has 1 aliphatic rings. The molecule has 1 unspecified atom stereocenters. The number of aromatic nitrogens is 1. The maximum atomic E-state index is 5.27. The van der Waals surface area contributed by atoms with Gasteiger partial charge in [0.15, 0.2) is 12.2 Å². The van der Waals surface area contributed by atoms with E-state index in [1.165, 1.54) is 25.0 Å². The molecule has 94 valence electrons. The monoisotopic (exact) mass is 243 g/mol. The Labute approximate surface area is 107 Å². The Hall–Kier alpha value is -1.81. The molecule has 0 aliphatic carbocycles. The second-order valence-electron chi connectivity index (χ2n) is 4.84. The molecule has 1 aromatic carbocycles. The van der Waals surface area contributed by atoms with Gasteiger partial charge in [0.05, 0.1) is 6.20 Å². The minimum atomic E-state index is 0.561. The molecule has 0 bridgehead atoms. The van der Waals surface area contributed by atoms with E-state index in [1.54, 1.807) is 6.20 Å². The summed E-state index contributed by atoms with van der Waals surface area (Å²) in [7, 11) is 2.16. The molecule has 2 aromatic rings. The Morgan fingerprint density at radius 1 is 1.33 bits per heavy atom. The third-order valence-corrected chi connectivity index (χ3v) is 3.36. The number of hydrogen-bond acceptors (Lipinski definition) is 4. The van der Waals surface area contributed by atoms with Crippen LogP contribution in [0.2, 0.25) is 0 Å². The van der Waals surface area contributed by atoms with Gasteiger partial charge in [-0.25, -0.2) is 4.98 Å². The number of oxazole rings is 1. The summed E-state index contributed by atoms with van der Waals surface area (Å²) in [5, 5.41) is 3.56. The summed E-state index contributed by atoms with van der Waals surface area (Å²) in [6, 6.07) is 8.86. The zero-order chi connectivity index (χ0) is 12.4. The number of nitrogens with zero attached hydrogens (tertiary/aromatic N) is 2. The number of anilines is 1. The van der Waals surface area contributed by atoms with E-state index in [0.29, 0.717) is 6.04 Å². The van der Waals surface area contributed by atoms with E-state index in [1.807, 2.05) is 0 Å². The Bertz CT molecular complexity index is 492. The first-order valence-corrected chi connectivity index (χ1v) is 6.25. The predicted molar refractivity (Wildman–Crippen MR) is 71.5 cm³/mol. The fourth-order valence-corrected chi connectivity index (χ4v) is 2.38. The first kappa shape index (κ1) is 11.3. The van der Waals surface area contributed by atoms with Crippen LogP contribution in [0.1, 0.15) is 6.42 Å². The van der Waals surface area contributed by atoms with E-state index in [-0.39, 0.29) is 0 Å². The van der Waals surface area contributed by atoms with Gasteiger partial charge in [0.2, 0.25) is 0 Å². The Morgan fingerprint density at radius 3 is 2.78 bits per heavy atom. The van der Waals surface area contributed by atoms with Gasteiger partial charge >= 0.3 is 0 Å². The van der Waals surface area contributed by atoms with Crippen molar-refractivity contribution in [2.75, 3.05) is 25.5 Å². The van der Waals surface area contributed by atoms with Crippen LogP contribution in [0.4, 0.5) is 5.69 Å². The highest BCUT2D eigenvalue weighted by Gasteiger charge is 2.18. The molecule has 0 radical (unpaired) electrons. The van der Waals surface area contributed by atoms with Crippen LogP contribution >= 0.6 is 0 Å². The van der Waals surface area contributed by atoms with Crippen LogP contribution in [-0.2, 0) is 0 Å². The van der Waals surface area contributed by atoms with E-state index < -0.39 is 0 Å². The van der Waals surface area contributed by atoms with Crippen molar-refractivity contribution < 1.29 is 4.42 Å². The molecule has 4 nitrogen and oxygen atoms in total. The van der Waals surface area contributed by atoms with E-state index >= 15 is 0 Å².